The predicted octanol–water partition coefficient (Wildman–Crippen LogP) is 1.28. The molecule has 15 nitrogen and oxygen atoms in total. The molecule has 15 heteroatoms. The standard InChI is InChI=1S/C27H31N7O8/c1-41-18-8-9-19-20(12-18)31-25(30-19)28-10-5-11-34(23(36)14-29-26(34)39)15-22(35)32-21(13-24(37)38)33-27(40)42-16-17-6-3-2-4-7-17/h2-4,6-9,12,21H,5,10-11,13-16H2,1H3,(H5-,28,29,30,31,32,33,35,37,38,39,40)/p+1. The van der Waals surface area contributed by atoms with Crippen molar-refractivity contribution in [1.29, 1.82) is 0 Å². The predicted molar refractivity (Wildman–Crippen MR) is 148 cm³/mol. The number of nitrogens with zero attached hydrogens (tertiary/aromatic N) is 2. The van der Waals surface area contributed by atoms with Crippen LogP contribution in [0.25, 0.3) is 11.0 Å². The number of aliphatic carboxylic acids is 1. The molecule has 1 fully saturated rings. The number of aromatic amines is 1. The van der Waals surface area contributed by atoms with Crippen LogP contribution in [0.5, 0.6) is 5.75 Å². The number of carbonyl (C=O) groups excluding carboxylic acids is 4. The summed E-state index contributed by atoms with van der Waals surface area (Å²) in [6.07, 6.45) is -2.62. The maximum absolute atomic E-state index is 13.0. The Balaban J connectivity index is 1.33. The summed E-state index contributed by atoms with van der Waals surface area (Å²) in [5.74, 6) is -1.44. The third kappa shape index (κ3) is 7.51. The number of imidazole rings is 1. The van der Waals surface area contributed by atoms with Crippen LogP contribution in [0, 0.1) is 0 Å². The van der Waals surface area contributed by atoms with Gasteiger partial charge in [-0.1, -0.05) is 30.3 Å². The van der Waals surface area contributed by atoms with E-state index < -0.39 is 53.5 Å². The number of rotatable bonds is 14. The Kier molecular flexibility index (Phi) is 9.54. The van der Waals surface area contributed by atoms with Gasteiger partial charge in [-0.05, 0) is 17.7 Å². The summed E-state index contributed by atoms with van der Waals surface area (Å²) in [6, 6.07) is 13.6. The van der Waals surface area contributed by atoms with Crippen LogP contribution in [0.1, 0.15) is 18.4 Å². The first kappa shape index (κ1) is 29.8. The molecule has 1 aromatic heterocycles. The molecule has 5 amide bonds. The number of amides is 5. The Bertz CT molecular complexity index is 1440. The Hall–Kier alpha value is -5.18. The third-order valence-corrected chi connectivity index (χ3v) is 6.59. The topological polar surface area (TPSA) is 201 Å². The van der Waals surface area contributed by atoms with Gasteiger partial charge in [0.25, 0.3) is 5.91 Å². The van der Waals surface area contributed by atoms with Crippen molar-refractivity contribution >= 4 is 46.9 Å². The second-order valence-corrected chi connectivity index (χ2v) is 9.57. The van der Waals surface area contributed by atoms with E-state index in [9.17, 15) is 29.1 Å². The van der Waals surface area contributed by atoms with Crippen molar-refractivity contribution in [2.24, 2.45) is 0 Å². The van der Waals surface area contributed by atoms with Crippen LogP contribution in [-0.4, -0.2) is 88.9 Å². The zero-order valence-electron chi connectivity index (χ0n) is 22.8. The molecule has 2 heterocycles. The van der Waals surface area contributed by atoms with Crippen molar-refractivity contribution in [3.63, 3.8) is 0 Å². The summed E-state index contributed by atoms with van der Waals surface area (Å²) >= 11 is 0. The van der Waals surface area contributed by atoms with Crippen LogP contribution < -0.4 is 26.0 Å². The highest BCUT2D eigenvalue weighted by molar-refractivity contribution is 5.95. The van der Waals surface area contributed by atoms with Gasteiger partial charge in [-0.3, -0.25) is 14.9 Å². The molecule has 2 unspecified atom stereocenters. The molecule has 1 aliphatic heterocycles. The van der Waals surface area contributed by atoms with E-state index in [4.69, 9.17) is 9.47 Å². The van der Waals surface area contributed by atoms with Gasteiger partial charge >= 0.3 is 24.0 Å². The highest BCUT2D eigenvalue weighted by atomic mass is 16.5. The fourth-order valence-electron chi connectivity index (χ4n) is 4.49. The van der Waals surface area contributed by atoms with Crippen molar-refractivity contribution in [2.45, 2.75) is 25.6 Å². The molecule has 222 valence electrons. The van der Waals surface area contributed by atoms with E-state index in [1.165, 1.54) is 0 Å². The van der Waals surface area contributed by atoms with Crippen molar-refractivity contribution < 1.29 is 43.0 Å². The fourth-order valence-corrected chi connectivity index (χ4v) is 4.49. The van der Waals surface area contributed by atoms with Crippen molar-refractivity contribution in [3.8, 4) is 5.75 Å². The molecule has 6 N–H and O–H groups in total. The number of quaternary nitrogens is 1. The van der Waals surface area contributed by atoms with Gasteiger partial charge in [-0.25, -0.2) is 19.4 Å². The molecule has 2 atom stereocenters. The van der Waals surface area contributed by atoms with Gasteiger partial charge in [0.1, 0.15) is 25.1 Å². The number of ether oxygens (including phenoxy) is 2. The third-order valence-electron chi connectivity index (χ3n) is 6.59. The summed E-state index contributed by atoms with van der Waals surface area (Å²) in [4.78, 5) is 69.7. The average Bonchev–Trinajstić information content (AvgIpc) is 3.49. The van der Waals surface area contributed by atoms with Crippen molar-refractivity contribution in [1.82, 2.24) is 25.9 Å². The Morgan fingerprint density at radius 1 is 1.12 bits per heavy atom. The fraction of sp³-hybridized carbons (Fsp3) is 0.333. The normalized spacial score (nSPS) is 16.9. The summed E-state index contributed by atoms with van der Waals surface area (Å²) in [6.45, 7) is -0.560. The number of benzene rings is 2. The molecule has 42 heavy (non-hydrogen) atoms. The van der Waals surface area contributed by atoms with E-state index in [-0.39, 0.29) is 19.7 Å². The highest BCUT2D eigenvalue weighted by Crippen LogP contribution is 2.21. The van der Waals surface area contributed by atoms with E-state index in [1.54, 1.807) is 55.6 Å². The monoisotopic (exact) mass is 582 g/mol. The van der Waals surface area contributed by atoms with Gasteiger partial charge in [0.15, 0.2) is 6.54 Å². The number of hydrogen-bond donors (Lipinski definition) is 6. The molecule has 2 aromatic carbocycles. The number of carboxylic acids is 1. The molecule has 0 radical (unpaired) electrons. The van der Waals surface area contributed by atoms with Crippen LogP contribution in [0.3, 0.4) is 0 Å². The lowest BCUT2D eigenvalue weighted by Crippen LogP contribution is -2.60. The number of hydrogen-bond acceptors (Lipinski definition) is 9. The minimum absolute atomic E-state index is 0.00468. The smallest absolute Gasteiger partial charge is 0.425 e. The number of methoxy groups -OCH3 is 1. The maximum Gasteiger partial charge on any atom is 0.425 e. The van der Waals surface area contributed by atoms with Crippen LogP contribution in [0.4, 0.5) is 15.5 Å². The lowest BCUT2D eigenvalue weighted by atomic mass is 10.2. The number of anilines is 1. The molecule has 0 bridgehead atoms. The lowest BCUT2D eigenvalue weighted by molar-refractivity contribution is -0.758. The number of fused-ring (bicyclic) bond motifs is 1. The first-order valence-electron chi connectivity index (χ1n) is 13.1. The molecule has 0 spiro atoms. The van der Waals surface area contributed by atoms with Crippen molar-refractivity contribution in [2.75, 3.05) is 38.6 Å². The number of imide groups is 1. The highest BCUT2D eigenvalue weighted by Gasteiger charge is 2.51. The van der Waals surface area contributed by atoms with Gasteiger partial charge < -0.3 is 35.5 Å². The Labute approximate surface area is 240 Å². The Morgan fingerprint density at radius 2 is 1.90 bits per heavy atom. The minimum Gasteiger partial charge on any atom is -0.497 e. The molecule has 4 rings (SSSR count). The van der Waals surface area contributed by atoms with Gasteiger partial charge in [-0.15, -0.1) is 0 Å². The van der Waals surface area contributed by atoms with Crippen LogP contribution in [-0.2, 0) is 25.7 Å². The van der Waals surface area contributed by atoms with Gasteiger partial charge in [0.2, 0.25) is 5.95 Å². The second kappa shape index (κ2) is 13.5. The van der Waals surface area contributed by atoms with E-state index in [2.05, 4.69) is 31.2 Å². The van der Waals surface area contributed by atoms with E-state index in [0.717, 1.165) is 11.0 Å². The zero-order chi connectivity index (χ0) is 30.1. The van der Waals surface area contributed by atoms with Crippen molar-refractivity contribution in [3.05, 3.63) is 54.1 Å². The number of urea groups is 1. The zero-order valence-corrected chi connectivity index (χ0v) is 22.8. The average molecular weight is 583 g/mol. The molecule has 1 aliphatic rings. The summed E-state index contributed by atoms with van der Waals surface area (Å²) in [5, 5.41) is 19.5. The van der Waals surface area contributed by atoms with Gasteiger partial charge in [-0.2, -0.15) is 4.48 Å². The molecule has 0 saturated carbocycles. The number of nitrogens with one attached hydrogen (secondary N) is 5. The summed E-state index contributed by atoms with van der Waals surface area (Å²) in [5.41, 5.74) is 2.20. The number of carbonyl (C=O) groups is 5. The van der Waals surface area contributed by atoms with E-state index >= 15 is 0 Å². The number of aromatic nitrogens is 2. The first-order valence-corrected chi connectivity index (χ1v) is 13.1. The van der Waals surface area contributed by atoms with Crippen LogP contribution in [0.15, 0.2) is 48.5 Å². The van der Waals surface area contributed by atoms with E-state index in [0.29, 0.717) is 30.2 Å². The molecular weight excluding hydrogens is 550 g/mol. The first-order chi connectivity index (χ1) is 20.2. The van der Waals surface area contributed by atoms with Crippen LogP contribution in [0.2, 0.25) is 0 Å². The molecular formula is C27H32N7O8+. The summed E-state index contributed by atoms with van der Waals surface area (Å²) in [7, 11) is 1.56. The van der Waals surface area contributed by atoms with Gasteiger partial charge in [0.05, 0.1) is 31.1 Å². The largest absolute Gasteiger partial charge is 0.497 e. The number of alkyl carbamates (subject to hydrolysis) is 1. The maximum atomic E-state index is 13.0. The SMILES string of the molecule is COc1ccc2nc(NCCC[N+]3(CC(=O)NC(CC(=O)O)NC(=O)OCc4ccccc4)C(=O)CNC3=O)[nH]c2c1. The lowest BCUT2D eigenvalue weighted by Gasteiger charge is -2.27. The van der Waals surface area contributed by atoms with Gasteiger partial charge in [0, 0.05) is 19.0 Å². The molecule has 1 saturated heterocycles. The quantitative estimate of drug-likeness (QED) is 0.0696. The number of H-pyrrole nitrogens is 1. The minimum atomic E-state index is -1.34. The Morgan fingerprint density at radius 3 is 2.60 bits per heavy atom. The summed E-state index contributed by atoms with van der Waals surface area (Å²) < 4.78 is 9.51. The van der Waals surface area contributed by atoms with Crippen LogP contribution >= 0.6 is 0 Å². The number of carboxylic acid groups (broad SMARTS) is 1. The molecule has 0 aliphatic carbocycles. The molecule has 3 aromatic rings. The van der Waals surface area contributed by atoms with E-state index in [1.807, 2.05) is 0 Å². The second-order valence-electron chi connectivity index (χ2n) is 9.57.